The Kier molecular flexibility index (Phi) is 5.17. The number of nitrogens with zero attached hydrogens (tertiary/aromatic N) is 4. The summed E-state index contributed by atoms with van der Waals surface area (Å²) >= 11 is 0. The normalized spacial score (nSPS) is 24.8. The minimum absolute atomic E-state index is 0.162. The van der Waals surface area contributed by atoms with Gasteiger partial charge in [-0.05, 0) is 31.7 Å². The third kappa shape index (κ3) is 3.80. The maximum absolute atomic E-state index is 6.07. The average Bonchev–Trinajstić information content (AvgIpc) is 3.36. The third-order valence-corrected chi connectivity index (χ3v) is 5.63. The first-order chi connectivity index (χ1) is 12.3. The molecule has 0 spiro atoms. The van der Waals surface area contributed by atoms with Crippen LogP contribution in [0.4, 0.5) is 0 Å². The molecule has 0 radical (unpaired) electrons. The van der Waals surface area contributed by atoms with Crippen LogP contribution in [-0.2, 0) is 18.3 Å². The highest BCUT2D eigenvalue weighted by molar-refractivity contribution is 5.11. The summed E-state index contributed by atoms with van der Waals surface area (Å²) in [5.41, 5.74) is 2.51. The Morgan fingerprint density at radius 2 is 2.08 bits per heavy atom. The lowest BCUT2D eigenvalue weighted by Crippen LogP contribution is -2.32. The van der Waals surface area contributed by atoms with Gasteiger partial charge in [0, 0.05) is 50.6 Å². The molecule has 6 nitrogen and oxygen atoms in total. The van der Waals surface area contributed by atoms with E-state index in [0.29, 0.717) is 12.0 Å². The lowest BCUT2D eigenvalue weighted by atomic mass is 9.91. The Labute approximate surface area is 149 Å². The van der Waals surface area contributed by atoms with E-state index < -0.39 is 0 Å². The van der Waals surface area contributed by atoms with Crippen LogP contribution in [0.2, 0.25) is 0 Å². The van der Waals surface area contributed by atoms with Crippen LogP contribution in [0.3, 0.4) is 0 Å². The lowest BCUT2D eigenvalue weighted by Gasteiger charge is -2.31. The van der Waals surface area contributed by atoms with Crippen LogP contribution in [0.5, 0.6) is 0 Å². The second-order valence-electron chi connectivity index (χ2n) is 7.48. The summed E-state index contributed by atoms with van der Waals surface area (Å²) in [6.45, 7) is 2.70. The van der Waals surface area contributed by atoms with Gasteiger partial charge in [-0.15, -0.1) is 0 Å². The summed E-state index contributed by atoms with van der Waals surface area (Å²) in [5.74, 6) is 0.501. The zero-order chi connectivity index (χ0) is 17.1. The maximum atomic E-state index is 6.07. The van der Waals surface area contributed by atoms with Crippen LogP contribution >= 0.6 is 0 Å². The van der Waals surface area contributed by atoms with Crippen LogP contribution in [-0.4, -0.2) is 32.7 Å². The highest BCUT2D eigenvalue weighted by atomic mass is 16.5. The van der Waals surface area contributed by atoms with Crippen LogP contribution < -0.4 is 5.32 Å². The van der Waals surface area contributed by atoms with Crippen molar-refractivity contribution in [2.24, 2.45) is 13.0 Å². The Hall–Kier alpha value is -1.66. The molecule has 1 aliphatic heterocycles. The van der Waals surface area contributed by atoms with Gasteiger partial charge in [-0.25, -0.2) is 0 Å². The first kappa shape index (κ1) is 16.8. The van der Waals surface area contributed by atoms with E-state index in [4.69, 9.17) is 4.74 Å². The van der Waals surface area contributed by atoms with Crippen molar-refractivity contribution in [1.82, 2.24) is 24.9 Å². The highest BCUT2D eigenvalue weighted by Gasteiger charge is 2.28. The molecule has 2 fully saturated rings. The molecule has 1 aliphatic carbocycles. The number of aromatic nitrogens is 4. The molecule has 0 unspecified atom stereocenters. The van der Waals surface area contributed by atoms with E-state index in [2.05, 4.69) is 32.5 Å². The average molecular weight is 343 g/mol. The summed E-state index contributed by atoms with van der Waals surface area (Å²) in [6.07, 6.45) is 13.7. The zero-order valence-electron chi connectivity index (χ0n) is 15.1. The Bertz CT molecular complexity index is 673. The maximum Gasteiger partial charge on any atom is 0.0895 e. The fourth-order valence-corrected chi connectivity index (χ4v) is 4.35. The monoisotopic (exact) mass is 343 g/mol. The SMILES string of the molecule is Cn1cc([C@@H]2OCCC[C@H]2CNCc2ccnn2C2CCCC2)cn1. The summed E-state index contributed by atoms with van der Waals surface area (Å²) < 4.78 is 10.2. The quantitative estimate of drug-likeness (QED) is 0.876. The molecular weight excluding hydrogens is 314 g/mol. The van der Waals surface area contributed by atoms with Crippen LogP contribution in [0.1, 0.15) is 61.9 Å². The number of hydrogen-bond acceptors (Lipinski definition) is 4. The van der Waals surface area contributed by atoms with Gasteiger partial charge in [0.05, 0.1) is 24.0 Å². The molecule has 2 aromatic rings. The number of ether oxygens (including phenoxy) is 1. The van der Waals surface area contributed by atoms with Gasteiger partial charge in [-0.1, -0.05) is 12.8 Å². The standard InChI is InChI=1S/C19H29N5O/c1-23-14-16(12-22-23)19-15(5-4-10-25-19)11-20-13-18-8-9-21-24(18)17-6-2-3-7-17/h8-9,12,14-15,17,19-20H,2-7,10-11,13H2,1H3/t15-,19+/m0/s1. The number of nitrogens with one attached hydrogen (secondary N) is 1. The van der Waals surface area contributed by atoms with Gasteiger partial charge in [0.15, 0.2) is 0 Å². The molecule has 1 saturated carbocycles. The lowest BCUT2D eigenvalue weighted by molar-refractivity contribution is -0.0279. The fourth-order valence-electron chi connectivity index (χ4n) is 4.35. The Morgan fingerprint density at radius 3 is 2.88 bits per heavy atom. The Balaban J connectivity index is 1.35. The molecule has 6 heteroatoms. The van der Waals surface area contributed by atoms with E-state index in [1.807, 2.05) is 24.1 Å². The molecule has 0 bridgehead atoms. The van der Waals surface area contributed by atoms with E-state index in [1.165, 1.54) is 43.4 Å². The van der Waals surface area contributed by atoms with Gasteiger partial charge in [0.2, 0.25) is 0 Å². The van der Waals surface area contributed by atoms with Gasteiger partial charge in [-0.3, -0.25) is 9.36 Å². The molecule has 4 rings (SSSR count). The molecule has 136 valence electrons. The van der Waals surface area contributed by atoms with Crippen molar-refractivity contribution in [3.8, 4) is 0 Å². The molecule has 3 heterocycles. The molecule has 2 aliphatic rings. The largest absolute Gasteiger partial charge is 0.373 e. The van der Waals surface area contributed by atoms with E-state index in [-0.39, 0.29) is 6.10 Å². The number of aryl methyl sites for hydroxylation is 1. The molecule has 2 aromatic heterocycles. The number of rotatable bonds is 6. The van der Waals surface area contributed by atoms with E-state index in [9.17, 15) is 0 Å². The van der Waals surface area contributed by atoms with Crippen molar-refractivity contribution >= 4 is 0 Å². The van der Waals surface area contributed by atoms with Crippen molar-refractivity contribution in [3.05, 3.63) is 35.9 Å². The molecule has 2 atom stereocenters. The van der Waals surface area contributed by atoms with Gasteiger partial charge in [0.1, 0.15) is 0 Å². The summed E-state index contributed by atoms with van der Waals surface area (Å²) in [6, 6.07) is 2.76. The van der Waals surface area contributed by atoms with E-state index in [1.54, 1.807) is 0 Å². The van der Waals surface area contributed by atoms with E-state index in [0.717, 1.165) is 26.1 Å². The summed E-state index contributed by atoms with van der Waals surface area (Å²) in [5, 5.41) is 12.5. The summed E-state index contributed by atoms with van der Waals surface area (Å²) in [7, 11) is 1.96. The first-order valence-electron chi connectivity index (χ1n) is 9.64. The minimum atomic E-state index is 0.162. The van der Waals surface area contributed by atoms with Crippen molar-refractivity contribution < 1.29 is 4.74 Å². The topological polar surface area (TPSA) is 56.9 Å². The molecule has 1 saturated heterocycles. The number of hydrogen-bond donors (Lipinski definition) is 1. The van der Waals surface area contributed by atoms with Gasteiger partial charge in [0.25, 0.3) is 0 Å². The smallest absolute Gasteiger partial charge is 0.0895 e. The second kappa shape index (κ2) is 7.70. The van der Waals surface area contributed by atoms with Crippen molar-refractivity contribution in [2.75, 3.05) is 13.2 Å². The fraction of sp³-hybridized carbons (Fsp3) is 0.684. The minimum Gasteiger partial charge on any atom is -0.373 e. The van der Waals surface area contributed by atoms with Gasteiger partial charge < -0.3 is 10.1 Å². The third-order valence-electron chi connectivity index (χ3n) is 5.63. The molecular formula is C19H29N5O. The van der Waals surface area contributed by atoms with Crippen molar-refractivity contribution in [2.45, 2.75) is 57.2 Å². The second-order valence-corrected chi connectivity index (χ2v) is 7.48. The van der Waals surface area contributed by atoms with Crippen LogP contribution in [0.25, 0.3) is 0 Å². The predicted molar refractivity (Wildman–Crippen MR) is 96.1 cm³/mol. The molecule has 1 N–H and O–H groups in total. The molecule has 0 aromatic carbocycles. The molecule has 25 heavy (non-hydrogen) atoms. The summed E-state index contributed by atoms with van der Waals surface area (Å²) in [4.78, 5) is 0. The molecule has 0 amide bonds. The Morgan fingerprint density at radius 1 is 1.20 bits per heavy atom. The van der Waals surface area contributed by atoms with E-state index >= 15 is 0 Å². The van der Waals surface area contributed by atoms with Crippen molar-refractivity contribution in [1.29, 1.82) is 0 Å². The predicted octanol–water partition coefficient (Wildman–Crippen LogP) is 2.99. The highest BCUT2D eigenvalue weighted by Crippen LogP contribution is 2.33. The van der Waals surface area contributed by atoms with Crippen molar-refractivity contribution in [3.63, 3.8) is 0 Å². The van der Waals surface area contributed by atoms with Gasteiger partial charge in [-0.2, -0.15) is 10.2 Å². The first-order valence-corrected chi connectivity index (χ1v) is 9.64. The zero-order valence-corrected chi connectivity index (χ0v) is 15.1. The van der Waals surface area contributed by atoms with Crippen LogP contribution in [0.15, 0.2) is 24.7 Å². The van der Waals surface area contributed by atoms with Gasteiger partial charge >= 0.3 is 0 Å². The van der Waals surface area contributed by atoms with Crippen LogP contribution in [0, 0.1) is 5.92 Å².